The van der Waals surface area contributed by atoms with Crippen molar-refractivity contribution in [2.75, 3.05) is 24.8 Å². The fourth-order valence-electron chi connectivity index (χ4n) is 2.19. The van der Waals surface area contributed by atoms with E-state index in [-0.39, 0.29) is 12.0 Å². The number of carbonyl (C=O) groups is 1. The van der Waals surface area contributed by atoms with Gasteiger partial charge < -0.3 is 9.64 Å². The maximum Gasteiger partial charge on any atom is 0.328 e. The molecular formula is C12H17N3O2S. The lowest BCUT2D eigenvalue weighted by molar-refractivity contribution is -0.142. The number of anilines is 1. The van der Waals surface area contributed by atoms with Crippen molar-refractivity contribution in [1.29, 1.82) is 0 Å². The molecule has 5 nitrogen and oxygen atoms in total. The highest BCUT2D eigenvalue weighted by Gasteiger charge is 2.30. The van der Waals surface area contributed by atoms with Crippen LogP contribution in [0.4, 0.5) is 5.82 Å². The van der Waals surface area contributed by atoms with Crippen LogP contribution in [0, 0.1) is 0 Å². The molecular weight excluding hydrogens is 250 g/mol. The van der Waals surface area contributed by atoms with E-state index < -0.39 is 0 Å². The van der Waals surface area contributed by atoms with Gasteiger partial charge in [-0.3, -0.25) is 0 Å². The van der Waals surface area contributed by atoms with Gasteiger partial charge in [0.05, 0.1) is 7.11 Å². The zero-order valence-corrected chi connectivity index (χ0v) is 11.4. The van der Waals surface area contributed by atoms with E-state index in [2.05, 4.69) is 9.97 Å². The van der Waals surface area contributed by atoms with Gasteiger partial charge in [0.2, 0.25) is 0 Å². The maximum atomic E-state index is 11.8. The lowest BCUT2D eigenvalue weighted by Gasteiger charge is -2.34. The number of hydrogen-bond acceptors (Lipinski definition) is 6. The van der Waals surface area contributed by atoms with Crippen molar-refractivity contribution in [1.82, 2.24) is 9.97 Å². The van der Waals surface area contributed by atoms with Crippen molar-refractivity contribution in [2.24, 2.45) is 0 Å². The van der Waals surface area contributed by atoms with Gasteiger partial charge in [0, 0.05) is 12.6 Å². The van der Waals surface area contributed by atoms with Crippen molar-refractivity contribution in [3.05, 3.63) is 12.4 Å². The minimum Gasteiger partial charge on any atom is -0.467 e. The number of methoxy groups -OCH3 is 1. The van der Waals surface area contributed by atoms with Gasteiger partial charge in [-0.25, -0.2) is 14.8 Å². The van der Waals surface area contributed by atoms with Gasteiger partial charge in [0.25, 0.3) is 0 Å². The molecule has 0 saturated carbocycles. The Labute approximate surface area is 111 Å². The summed E-state index contributed by atoms with van der Waals surface area (Å²) < 4.78 is 4.87. The minimum atomic E-state index is -0.214. The molecule has 0 radical (unpaired) electrons. The van der Waals surface area contributed by atoms with Crippen LogP contribution < -0.4 is 4.90 Å². The third-order valence-corrected chi connectivity index (χ3v) is 3.75. The van der Waals surface area contributed by atoms with Gasteiger partial charge in [-0.15, -0.1) is 11.8 Å². The van der Waals surface area contributed by atoms with E-state index in [0.29, 0.717) is 0 Å². The summed E-state index contributed by atoms with van der Waals surface area (Å²) in [5.41, 5.74) is 0. The number of aromatic nitrogens is 2. The number of piperidine rings is 1. The Morgan fingerprint density at radius 2 is 2.33 bits per heavy atom. The Morgan fingerprint density at radius 3 is 3.06 bits per heavy atom. The second kappa shape index (κ2) is 6.04. The first-order valence-corrected chi connectivity index (χ1v) is 7.19. The largest absolute Gasteiger partial charge is 0.467 e. The number of esters is 1. The second-order valence-electron chi connectivity index (χ2n) is 4.15. The van der Waals surface area contributed by atoms with Gasteiger partial charge in [0.1, 0.15) is 23.2 Å². The fraction of sp³-hybridized carbons (Fsp3) is 0.583. The molecule has 1 unspecified atom stereocenters. The summed E-state index contributed by atoms with van der Waals surface area (Å²) in [6.07, 6.45) is 6.47. The highest BCUT2D eigenvalue weighted by molar-refractivity contribution is 7.98. The van der Waals surface area contributed by atoms with E-state index in [0.717, 1.165) is 36.7 Å². The van der Waals surface area contributed by atoms with Crippen molar-refractivity contribution in [3.63, 3.8) is 0 Å². The average Bonchev–Trinajstić information content (AvgIpc) is 2.46. The predicted octanol–water partition coefficient (Wildman–Crippen LogP) is 1.73. The first-order valence-electron chi connectivity index (χ1n) is 5.96. The highest BCUT2D eigenvalue weighted by Crippen LogP contribution is 2.25. The molecule has 0 aromatic carbocycles. The molecule has 2 heterocycles. The van der Waals surface area contributed by atoms with Crippen molar-refractivity contribution >= 4 is 23.5 Å². The van der Waals surface area contributed by atoms with E-state index in [1.54, 1.807) is 18.1 Å². The minimum absolute atomic E-state index is 0.181. The summed E-state index contributed by atoms with van der Waals surface area (Å²) in [4.78, 5) is 22.2. The van der Waals surface area contributed by atoms with Crippen LogP contribution in [0.3, 0.4) is 0 Å². The summed E-state index contributed by atoms with van der Waals surface area (Å²) >= 11 is 1.57. The number of thioether (sulfide) groups is 1. The third-order valence-electron chi connectivity index (χ3n) is 3.11. The second-order valence-corrected chi connectivity index (χ2v) is 4.97. The molecule has 98 valence electrons. The fourth-order valence-corrected chi connectivity index (χ4v) is 2.56. The molecule has 1 aromatic rings. The highest BCUT2D eigenvalue weighted by atomic mass is 32.2. The maximum absolute atomic E-state index is 11.8. The normalized spacial score (nSPS) is 19.7. The van der Waals surface area contributed by atoms with Gasteiger partial charge in [-0.2, -0.15) is 0 Å². The molecule has 1 aliphatic rings. The van der Waals surface area contributed by atoms with Crippen LogP contribution in [-0.2, 0) is 9.53 Å². The van der Waals surface area contributed by atoms with E-state index in [4.69, 9.17) is 4.74 Å². The Bertz CT molecular complexity index is 428. The molecule has 1 saturated heterocycles. The Balaban J connectivity index is 2.24. The zero-order valence-electron chi connectivity index (χ0n) is 10.6. The number of carbonyl (C=O) groups excluding carboxylic acids is 1. The van der Waals surface area contributed by atoms with Crippen molar-refractivity contribution in [3.8, 4) is 0 Å². The smallest absolute Gasteiger partial charge is 0.328 e. The van der Waals surface area contributed by atoms with Gasteiger partial charge >= 0.3 is 5.97 Å². The summed E-state index contributed by atoms with van der Waals surface area (Å²) in [6.45, 7) is 0.838. The number of rotatable bonds is 3. The van der Waals surface area contributed by atoms with Crippen LogP contribution >= 0.6 is 11.8 Å². The van der Waals surface area contributed by atoms with Gasteiger partial charge in [-0.1, -0.05) is 0 Å². The molecule has 18 heavy (non-hydrogen) atoms. The molecule has 2 rings (SSSR count). The Kier molecular flexibility index (Phi) is 4.41. The van der Waals surface area contributed by atoms with E-state index in [1.807, 2.05) is 17.2 Å². The average molecular weight is 267 g/mol. The summed E-state index contributed by atoms with van der Waals surface area (Å²) in [5.74, 6) is 0.628. The molecule has 0 bridgehead atoms. The SMILES string of the molecule is COC(=O)C1CCCCN1c1cc(SC)ncn1. The Morgan fingerprint density at radius 1 is 1.50 bits per heavy atom. The first-order chi connectivity index (χ1) is 8.76. The first kappa shape index (κ1) is 13.1. The topological polar surface area (TPSA) is 55.3 Å². The van der Waals surface area contributed by atoms with Crippen molar-refractivity contribution < 1.29 is 9.53 Å². The summed E-state index contributed by atoms with van der Waals surface area (Å²) in [6, 6.07) is 1.71. The van der Waals surface area contributed by atoms with Crippen LogP contribution in [0.5, 0.6) is 0 Å². The van der Waals surface area contributed by atoms with E-state index in [1.165, 1.54) is 7.11 Å². The number of nitrogens with zero attached hydrogens (tertiary/aromatic N) is 3. The molecule has 6 heteroatoms. The third kappa shape index (κ3) is 2.75. The number of hydrogen-bond donors (Lipinski definition) is 0. The number of ether oxygens (including phenoxy) is 1. The van der Waals surface area contributed by atoms with Crippen LogP contribution in [0.25, 0.3) is 0 Å². The molecule has 1 atom stereocenters. The van der Waals surface area contributed by atoms with Gasteiger partial charge in [-0.05, 0) is 25.5 Å². The zero-order chi connectivity index (χ0) is 13.0. The molecule has 1 fully saturated rings. The van der Waals surface area contributed by atoms with Crippen molar-refractivity contribution in [2.45, 2.75) is 30.3 Å². The molecule has 0 amide bonds. The lowest BCUT2D eigenvalue weighted by atomic mass is 10.0. The molecule has 0 aliphatic carbocycles. The lowest BCUT2D eigenvalue weighted by Crippen LogP contribution is -2.45. The van der Waals surface area contributed by atoms with Crippen LogP contribution in [0.2, 0.25) is 0 Å². The quantitative estimate of drug-likeness (QED) is 0.472. The van der Waals surface area contributed by atoms with E-state index >= 15 is 0 Å². The van der Waals surface area contributed by atoms with Gasteiger partial charge in [0.15, 0.2) is 0 Å². The monoisotopic (exact) mass is 267 g/mol. The Hall–Kier alpha value is -1.30. The summed E-state index contributed by atoms with van der Waals surface area (Å²) in [5, 5.41) is 0.911. The molecule has 1 aromatic heterocycles. The van der Waals surface area contributed by atoms with E-state index in [9.17, 15) is 4.79 Å². The molecule has 1 aliphatic heterocycles. The molecule has 0 spiro atoms. The predicted molar refractivity (Wildman–Crippen MR) is 70.8 cm³/mol. The van der Waals surface area contributed by atoms with Crippen LogP contribution in [-0.4, -0.2) is 41.9 Å². The summed E-state index contributed by atoms with van der Waals surface area (Å²) in [7, 11) is 1.43. The van der Waals surface area contributed by atoms with Crippen LogP contribution in [0.15, 0.2) is 17.4 Å². The van der Waals surface area contributed by atoms with Crippen LogP contribution in [0.1, 0.15) is 19.3 Å². The molecule has 0 N–H and O–H groups in total. The standard InChI is InChI=1S/C12H17N3O2S/c1-17-12(16)9-5-3-4-6-15(9)10-7-11(18-2)14-8-13-10/h7-9H,3-6H2,1-2H3.